The summed E-state index contributed by atoms with van der Waals surface area (Å²) in [5.74, 6) is -0.860. The van der Waals surface area contributed by atoms with E-state index < -0.39 is 17.5 Å². The van der Waals surface area contributed by atoms with E-state index >= 15 is 0 Å². The molecule has 8 nitrogen and oxygen atoms in total. The molecule has 2 heterocycles. The fourth-order valence-corrected chi connectivity index (χ4v) is 2.65. The third-order valence-electron chi connectivity index (χ3n) is 3.66. The summed E-state index contributed by atoms with van der Waals surface area (Å²) >= 11 is 0. The molecule has 1 fully saturated rings. The summed E-state index contributed by atoms with van der Waals surface area (Å²) in [6.45, 7) is 3.93. The van der Waals surface area contributed by atoms with Crippen LogP contribution in [0.25, 0.3) is 10.9 Å². The van der Waals surface area contributed by atoms with Crippen molar-refractivity contribution in [1.82, 2.24) is 20.3 Å². The third-order valence-corrected chi connectivity index (χ3v) is 3.66. The minimum atomic E-state index is -0.816. The van der Waals surface area contributed by atoms with Gasteiger partial charge in [0.2, 0.25) is 5.91 Å². The van der Waals surface area contributed by atoms with Gasteiger partial charge in [-0.15, -0.1) is 5.10 Å². The van der Waals surface area contributed by atoms with E-state index in [1.807, 2.05) is 13.8 Å². The zero-order valence-electron chi connectivity index (χ0n) is 12.9. The van der Waals surface area contributed by atoms with Crippen LogP contribution in [0.5, 0.6) is 0 Å². The van der Waals surface area contributed by atoms with Crippen LogP contribution >= 0.6 is 0 Å². The van der Waals surface area contributed by atoms with Gasteiger partial charge in [0.1, 0.15) is 11.6 Å². The van der Waals surface area contributed by atoms with Gasteiger partial charge in [0.25, 0.3) is 11.5 Å². The van der Waals surface area contributed by atoms with Gasteiger partial charge in [-0.25, -0.2) is 0 Å². The molecule has 0 spiro atoms. The van der Waals surface area contributed by atoms with E-state index in [2.05, 4.69) is 20.9 Å². The van der Waals surface area contributed by atoms with E-state index in [4.69, 9.17) is 0 Å². The highest BCUT2D eigenvalue weighted by molar-refractivity contribution is 5.99. The summed E-state index contributed by atoms with van der Waals surface area (Å²) in [6, 6.07) is 4.60. The molecule has 1 aromatic heterocycles. The highest BCUT2D eigenvalue weighted by atomic mass is 16.2. The number of fused-ring (bicyclic) bond motifs is 1. The fraction of sp³-hybridized carbons (Fsp3) is 0.400. The van der Waals surface area contributed by atoms with Crippen molar-refractivity contribution in [3.8, 4) is 0 Å². The number of rotatable bonds is 3. The number of carbonyl (C=O) groups excluding carboxylic acids is 2. The Morgan fingerprint density at radius 2 is 2.09 bits per heavy atom. The van der Waals surface area contributed by atoms with Crippen LogP contribution in [0.15, 0.2) is 23.0 Å². The fourth-order valence-electron chi connectivity index (χ4n) is 2.65. The van der Waals surface area contributed by atoms with Crippen molar-refractivity contribution in [3.05, 3.63) is 28.6 Å². The predicted molar refractivity (Wildman–Crippen MR) is 84.0 cm³/mol. The second-order valence-electron chi connectivity index (χ2n) is 5.80. The minimum absolute atomic E-state index is 0.136. The van der Waals surface area contributed by atoms with E-state index in [0.717, 1.165) is 4.68 Å². The first kappa shape index (κ1) is 15.1. The Morgan fingerprint density at radius 1 is 1.30 bits per heavy atom. The zero-order chi connectivity index (χ0) is 16.6. The quantitative estimate of drug-likeness (QED) is 0.803. The Hall–Kier alpha value is -2.77. The van der Waals surface area contributed by atoms with E-state index in [0.29, 0.717) is 16.6 Å². The van der Waals surface area contributed by atoms with Gasteiger partial charge in [-0.05, 0) is 32.4 Å². The molecule has 2 amide bonds. The van der Waals surface area contributed by atoms with E-state index in [-0.39, 0.29) is 24.8 Å². The molecule has 120 valence electrons. The van der Waals surface area contributed by atoms with Gasteiger partial charge in [-0.3, -0.25) is 19.7 Å². The van der Waals surface area contributed by atoms with Crippen molar-refractivity contribution >= 4 is 28.4 Å². The van der Waals surface area contributed by atoms with Gasteiger partial charge in [0.15, 0.2) is 0 Å². The number of hydrogen-bond acceptors (Lipinski definition) is 6. The summed E-state index contributed by atoms with van der Waals surface area (Å²) in [5.41, 5.74) is 0.718. The number of nitrogens with one attached hydrogen (secondary N) is 2. The van der Waals surface area contributed by atoms with Gasteiger partial charge in [0.05, 0.1) is 5.39 Å². The normalized spacial score (nSPS) is 18.3. The van der Waals surface area contributed by atoms with Gasteiger partial charge in [0, 0.05) is 18.2 Å². The molecule has 0 saturated carbocycles. The molecule has 23 heavy (non-hydrogen) atoms. The summed E-state index contributed by atoms with van der Waals surface area (Å²) in [7, 11) is 0. The molecule has 0 aliphatic carbocycles. The van der Waals surface area contributed by atoms with Crippen molar-refractivity contribution in [1.29, 1.82) is 0 Å². The standard InChI is InChI=1S/C15H17N5O3/c1-8(2)16-9-4-3-5-10-13(9)15(23)20(19-18-10)11-6-7-12(21)17-14(11)22/h3-5,8,11,16H,6-7H2,1-2H3,(H,17,21,22). The molecule has 0 radical (unpaired) electrons. The number of piperidine rings is 1. The lowest BCUT2D eigenvalue weighted by molar-refractivity contribution is -0.136. The van der Waals surface area contributed by atoms with Crippen LogP contribution in [0.3, 0.4) is 0 Å². The molecular formula is C15H17N5O3. The maximum absolute atomic E-state index is 12.8. The smallest absolute Gasteiger partial charge is 0.280 e. The number of benzene rings is 1. The Labute approximate surface area is 131 Å². The van der Waals surface area contributed by atoms with E-state index in [1.54, 1.807) is 18.2 Å². The predicted octanol–water partition coefficient (Wildman–Crippen LogP) is 0.589. The van der Waals surface area contributed by atoms with Gasteiger partial charge >= 0.3 is 0 Å². The zero-order valence-corrected chi connectivity index (χ0v) is 12.9. The molecule has 3 rings (SSSR count). The van der Waals surface area contributed by atoms with E-state index in [9.17, 15) is 14.4 Å². The van der Waals surface area contributed by atoms with Gasteiger partial charge < -0.3 is 5.32 Å². The second kappa shape index (κ2) is 5.79. The summed E-state index contributed by atoms with van der Waals surface area (Å²) in [4.78, 5) is 36.1. The monoisotopic (exact) mass is 315 g/mol. The SMILES string of the molecule is CC(C)Nc1cccc2nnn(C3CCC(=O)NC3=O)c(=O)c12. The summed E-state index contributed by atoms with van der Waals surface area (Å²) < 4.78 is 1.07. The van der Waals surface area contributed by atoms with Crippen LogP contribution in [0, 0.1) is 0 Å². The van der Waals surface area contributed by atoms with Crippen molar-refractivity contribution in [2.24, 2.45) is 0 Å². The lowest BCUT2D eigenvalue weighted by Crippen LogP contribution is -2.45. The number of nitrogens with zero attached hydrogens (tertiary/aromatic N) is 3. The maximum Gasteiger partial charge on any atom is 0.280 e. The molecule has 1 aliphatic heterocycles. The van der Waals surface area contributed by atoms with Crippen molar-refractivity contribution < 1.29 is 9.59 Å². The first-order valence-corrected chi connectivity index (χ1v) is 7.46. The maximum atomic E-state index is 12.8. The number of hydrogen-bond donors (Lipinski definition) is 2. The first-order valence-electron chi connectivity index (χ1n) is 7.46. The molecule has 1 unspecified atom stereocenters. The number of anilines is 1. The van der Waals surface area contributed by atoms with Crippen LogP contribution in [0.4, 0.5) is 5.69 Å². The molecule has 2 N–H and O–H groups in total. The minimum Gasteiger partial charge on any atom is -0.382 e. The number of imide groups is 1. The van der Waals surface area contributed by atoms with Crippen molar-refractivity contribution in [3.63, 3.8) is 0 Å². The molecule has 2 aromatic rings. The average molecular weight is 315 g/mol. The Bertz CT molecular complexity index is 843. The average Bonchev–Trinajstić information content (AvgIpc) is 2.48. The molecule has 1 aliphatic rings. The van der Waals surface area contributed by atoms with Crippen LogP contribution < -0.4 is 16.2 Å². The lowest BCUT2D eigenvalue weighted by Gasteiger charge is -2.21. The number of carbonyl (C=O) groups is 2. The van der Waals surface area contributed by atoms with Crippen LogP contribution in [-0.2, 0) is 9.59 Å². The van der Waals surface area contributed by atoms with Crippen LogP contribution in [0.2, 0.25) is 0 Å². The molecule has 1 aromatic carbocycles. The Morgan fingerprint density at radius 3 is 2.78 bits per heavy atom. The number of amides is 2. The molecule has 0 bridgehead atoms. The van der Waals surface area contributed by atoms with Gasteiger partial charge in [-0.2, -0.15) is 4.68 Å². The summed E-state index contributed by atoms with van der Waals surface area (Å²) in [6.07, 6.45) is 0.416. The molecular weight excluding hydrogens is 298 g/mol. The third kappa shape index (κ3) is 2.79. The topological polar surface area (TPSA) is 106 Å². The highest BCUT2D eigenvalue weighted by Gasteiger charge is 2.30. The Kier molecular flexibility index (Phi) is 3.81. The molecule has 8 heteroatoms. The summed E-state index contributed by atoms with van der Waals surface area (Å²) in [5, 5.41) is 13.7. The largest absolute Gasteiger partial charge is 0.382 e. The first-order chi connectivity index (χ1) is 11.0. The van der Waals surface area contributed by atoms with Crippen LogP contribution in [0.1, 0.15) is 32.7 Å². The second-order valence-corrected chi connectivity index (χ2v) is 5.80. The Balaban J connectivity index is 2.13. The number of aromatic nitrogens is 3. The lowest BCUT2D eigenvalue weighted by atomic mass is 10.1. The molecule has 1 saturated heterocycles. The van der Waals surface area contributed by atoms with Gasteiger partial charge in [-0.1, -0.05) is 11.3 Å². The highest BCUT2D eigenvalue weighted by Crippen LogP contribution is 2.21. The van der Waals surface area contributed by atoms with Crippen LogP contribution in [-0.4, -0.2) is 32.9 Å². The van der Waals surface area contributed by atoms with Crippen molar-refractivity contribution in [2.45, 2.75) is 38.8 Å². The van der Waals surface area contributed by atoms with Crippen molar-refractivity contribution in [2.75, 3.05) is 5.32 Å². The molecule has 1 atom stereocenters. The van der Waals surface area contributed by atoms with E-state index in [1.165, 1.54) is 0 Å².